The molecule has 0 radical (unpaired) electrons. The van der Waals surface area contributed by atoms with E-state index in [1.165, 1.54) is 0 Å². The molecule has 1 aromatic rings. The van der Waals surface area contributed by atoms with Gasteiger partial charge in [-0.05, 0) is 36.7 Å². The maximum Gasteiger partial charge on any atom is 0.357 e. The van der Waals surface area contributed by atoms with Crippen LogP contribution in [-0.2, 0) is 11.3 Å². The van der Waals surface area contributed by atoms with Crippen LogP contribution in [0.4, 0.5) is 0 Å². The van der Waals surface area contributed by atoms with Crippen LogP contribution in [0, 0.1) is 6.92 Å². The van der Waals surface area contributed by atoms with Gasteiger partial charge in [0, 0.05) is 6.54 Å². The summed E-state index contributed by atoms with van der Waals surface area (Å²) in [4.78, 5) is 11.5. The SMILES string of the molecule is CCOC(=O)c1c(Br)c(C)nn1CC. The predicted octanol–water partition coefficient (Wildman–Crippen LogP) is 2.15. The Labute approximate surface area is 91.4 Å². The zero-order chi connectivity index (χ0) is 10.7. The monoisotopic (exact) mass is 260 g/mol. The molecular formula is C9H13BrN2O2. The number of hydrogen-bond donors (Lipinski definition) is 0. The first-order chi connectivity index (χ1) is 6.61. The highest BCUT2D eigenvalue weighted by molar-refractivity contribution is 9.10. The predicted molar refractivity (Wildman–Crippen MR) is 56.3 cm³/mol. The summed E-state index contributed by atoms with van der Waals surface area (Å²) in [7, 11) is 0. The summed E-state index contributed by atoms with van der Waals surface area (Å²) in [5, 5.41) is 4.20. The van der Waals surface area contributed by atoms with Gasteiger partial charge in [-0.25, -0.2) is 4.79 Å². The van der Waals surface area contributed by atoms with Gasteiger partial charge in [0.2, 0.25) is 0 Å². The van der Waals surface area contributed by atoms with E-state index in [2.05, 4.69) is 21.0 Å². The lowest BCUT2D eigenvalue weighted by Gasteiger charge is -2.04. The summed E-state index contributed by atoms with van der Waals surface area (Å²) < 4.78 is 7.29. The van der Waals surface area contributed by atoms with E-state index in [1.807, 2.05) is 13.8 Å². The van der Waals surface area contributed by atoms with Gasteiger partial charge in [0.1, 0.15) is 0 Å². The molecule has 78 valence electrons. The minimum absolute atomic E-state index is 0.332. The average Bonchev–Trinajstić information content (AvgIpc) is 2.43. The normalized spacial score (nSPS) is 10.3. The maximum atomic E-state index is 11.5. The van der Waals surface area contributed by atoms with Gasteiger partial charge in [-0.2, -0.15) is 5.10 Å². The highest BCUT2D eigenvalue weighted by Gasteiger charge is 2.19. The quantitative estimate of drug-likeness (QED) is 0.783. The summed E-state index contributed by atoms with van der Waals surface area (Å²) in [6.07, 6.45) is 0. The number of ether oxygens (including phenoxy) is 1. The molecule has 1 rings (SSSR count). The average molecular weight is 261 g/mol. The largest absolute Gasteiger partial charge is 0.461 e. The van der Waals surface area contributed by atoms with Gasteiger partial charge >= 0.3 is 5.97 Å². The van der Waals surface area contributed by atoms with Gasteiger partial charge in [0.05, 0.1) is 16.8 Å². The van der Waals surface area contributed by atoms with Gasteiger partial charge in [-0.3, -0.25) is 4.68 Å². The van der Waals surface area contributed by atoms with E-state index in [4.69, 9.17) is 4.74 Å². The minimum atomic E-state index is -0.332. The van der Waals surface area contributed by atoms with Crippen molar-refractivity contribution in [2.75, 3.05) is 6.61 Å². The van der Waals surface area contributed by atoms with Crippen molar-refractivity contribution in [2.45, 2.75) is 27.3 Å². The second-order valence-corrected chi connectivity index (χ2v) is 3.58. The van der Waals surface area contributed by atoms with Gasteiger partial charge in [-0.15, -0.1) is 0 Å². The van der Waals surface area contributed by atoms with Crippen LogP contribution in [0.5, 0.6) is 0 Å². The third-order valence-electron chi connectivity index (χ3n) is 1.82. The highest BCUT2D eigenvalue weighted by atomic mass is 79.9. The molecule has 0 aliphatic rings. The molecule has 14 heavy (non-hydrogen) atoms. The first kappa shape index (κ1) is 11.2. The molecule has 0 spiro atoms. The minimum Gasteiger partial charge on any atom is -0.461 e. The maximum absolute atomic E-state index is 11.5. The number of carbonyl (C=O) groups is 1. The van der Waals surface area contributed by atoms with Crippen LogP contribution in [0.25, 0.3) is 0 Å². The fraction of sp³-hybridized carbons (Fsp3) is 0.556. The fourth-order valence-corrected chi connectivity index (χ4v) is 1.63. The molecule has 0 aromatic carbocycles. The van der Waals surface area contributed by atoms with Crippen LogP contribution < -0.4 is 0 Å². The van der Waals surface area contributed by atoms with E-state index >= 15 is 0 Å². The van der Waals surface area contributed by atoms with Crippen molar-refractivity contribution in [3.05, 3.63) is 15.9 Å². The van der Waals surface area contributed by atoms with E-state index < -0.39 is 0 Å². The summed E-state index contributed by atoms with van der Waals surface area (Å²) in [6.45, 7) is 6.59. The van der Waals surface area contributed by atoms with Crippen molar-refractivity contribution in [3.8, 4) is 0 Å². The van der Waals surface area contributed by atoms with Crippen LogP contribution in [0.1, 0.15) is 30.0 Å². The number of aromatic nitrogens is 2. The van der Waals surface area contributed by atoms with Crippen molar-refractivity contribution >= 4 is 21.9 Å². The third-order valence-corrected chi connectivity index (χ3v) is 2.77. The van der Waals surface area contributed by atoms with Gasteiger partial charge in [-0.1, -0.05) is 0 Å². The van der Waals surface area contributed by atoms with Gasteiger partial charge in [0.15, 0.2) is 5.69 Å². The number of esters is 1. The number of carbonyl (C=O) groups excluding carboxylic acids is 1. The Kier molecular flexibility index (Phi) is 3.69. The Morgan fingerprint density at radius 2 is 2.21 bits per heavy atom. The third kappa shape index (κ3) is 1.97. The molecule has 0 amide bonds. The van der Waals surface area contributed by atoms with Crippen LogP contribution in [-0.4, -0.2) is 22.4 Å². The van der Waals surface area contributed by atoms with E-state index in [-0.39, 0.29) is 5.97 Å². The number of hydrogen-bond acceptors (Lipinski definition) is 3. The van der Waals surface area contributed by atoms with E-state index in [1.54, 1.807) is 11.6 Å². The van der Waals surface area contributed by atoms with Crippen LogP contribution >= 0.6 is 15.9 Å². The zero-order valence-electron chi connectivity index (χ0n) is 8.50. The van der Waals surface area contributed by atoms with Crippen molar-refractivity contribution < 1.29 is 9.53 Å². The molecule has 0 bridgehead atoms. The summed E-state index contributed by atoms with van der Waals surface area (Å²) >= 11 is 3.33. The molecule has 5 heteroatoms. The van der Waals surface area contributed by atoms with E-state index in [9.17, 15) is 4.79 Å². The van der Waals surface area contributed by atoms with Crippen molar-refractivity contribution in [3.63, 3.8) is 0 Å². The Bertz CT molecular complexity index is 347. The zero-order valence-corrected chi connectivity index (χ0v) is 10.1. The smallest absolute Gasteiger partial charge is 0.357 e. The summed E-state index contributed by atoms with van der Waals surface area (Å²) in [6, 6.07) is 0. The second-order valence-electron chi connectivity index (χ2n) is 2.78. The topological polar surface area (TPSA) is 44.1 Å². The van der Waals surface area contributed by atoms with Crippen LogP contribution in [0.2, 0.25) is 0 Å². The highest BCUT2D eigenvalue weighted by Crippen LogP contribution is 2.21. The van der Waals surface area contributed by atoms with Crippen LogP contribution in [0.15, 0.2) is 4.47 Å². The van der Waals surface area contributed by atoms with E-state index in [0.29, 0.717) is 18.8 Å². The van der Waals surface area contributed by atoms with Gasteiger partial charge in [0.25, 0.3) is 0 Å². The van der Waals surface area contributed by atoms with Crippen molar-refractivity contribution in [2.24, 2.45) is 0 Å². The number of rotatable bonds is 3. The molecular weight excluding hydrogens is 248 g/mol. The molecule has 0 N–H and O–H groups in total. The number of aryl methyl sites for hydroxylation is 2. The van der Waals surface area contributed by atoms with Gasteiger partial charge < -0.3 is 4.74 Å². The first-order valence-corrected chi connectivity index (χ1v) is 5.31. The molecule has 1 aromatic heterocycles. The fourth-order valence-electron chi connectivity index (χ4n) is 1.18. The van der Waals surface area contributed by atoms with E-state index in [0.717, 1.165) is 10.2 Å². The molecule has 0 fully saturated rings. The van der Waals surface area contributed by atoms with Crippen LogP contribution in [0.3, 0.4) is 0 Å². The number of nitrogens with zero attached hydrogens (tertiary/aromatic N) is 2. The standard InChI is InChI=1S/C9H13BrN2O2/c1-4-12-8(9(13)14-5-2)7(10)6(3)11-12/h4-5H2,1-3H3. The first-order valence-electron chi connectivity index (χ1n) is 4.51. The molecule has 0 saturated heterocycles. The molecule has 0 aliphatic carbocycles. The molecule has 4 nitrogen and oxygen atoms in total. The summed E-state index contributed by atoms with van der Waals surface area (Å²) in [5.74, 6) is -0.332. The summed E-state index contributed by atoms with van der Waals surface area (Å²) in [5.41, 5.74) is 1.29. The van der Waals surface area contributed by atoms with Crippen molar-refractivity contribution in [1.82, 2.24) is 9.78 Å². The van der Waals surface area contributed by atoms with Crippen molar-refractivity contribution in [1.29, 1.82) is 0 Å². The number of halogens is 1. The molecule has 0 atom stereocenters. The lowest BCUT2D eigenvalue weighted by atomic mass is 10.3. The molecule has 0 saturated carbocycles. The lowest BCUT2D eigenvalue weighted by molar-refractivity contribution is 0.0511. The molecule has 1 heterocycles. The Morgan fingerprint density at radius 1 is 1.57 bits per heavy atom. The Balaban J connectivity index is 3.10. The lowest BCUT2D eigenvalue weighted by Crippen LogP contribution is -2.12. The molecule has 0 unspecified atom stereocenters. The molecule has 0 aliphatic heterocycles. The Morgan fingerprint density at radius 3 is 2.71 bits per heavy atom. The Hall–Kier alpha value is -0.840. The second kappa shape index (κ2) is 4.59.